The van der Waals surface area contributed by atoms with Gasteiger partial charge >= 0.3 is 19.8 Å². The Balaban J connectivity index is 3.91. The van der Waals surface area contributed by atoms with Crippen LogP contribution in [0.5, 0.6) is 0 Å². The Morgan fingerprint density at radius 1 is 0.529 bits per heavy atom. The van der Waals surface area contributed by atoms with Crippen molar-refractivity contribution in [3.05, 3.63) is 24.3 Å². The van der Waals surface area contributed by atoms with Gasteiger partial charge in [0.1, 0.15) is 12.2 Å². The molecule has 3 N–H and O–H groups in total. The average molecular weight is 747 g/mol. The standard InChI is InChI=1S/C40H75O10P/c1-3-5-7-9-11-13-14-15-16-17-18-19-20-21-22-24-26-28-30-32-40(44)50-38(34-42)36-48-51(45,46)47-35-37(33-41)49-39(43)31-29-27-25-23-12-10-8-6-4-2/h11,13,15-16,37-38,41-42H,3-10,12,14,17-36H2,1-2H3,(H,45,46)/b13-11-,16-15-. The van der Waals surface area contributed by atoms with E-state index in [0.717, 1.165) is 51.4 Å². The molecular formula is C40H75O10P. The van der Waals surface area contributed by atoms with Gasteiger partial charge in [0, 0.05) is 12.8 Å². The molecule has 300 valence electrons. The monoisotopic (exact) mass is 747 g/mol. The first-order valence-electron chi connectivity index (χ1n) is 20.3. The van der Waals surface area contributed by atoms with Crippen molar-refractivity contribution in [1.29, 1.82) is 0 Å². The summed E-state index contributed by atoms with van der Waals surface area (Å²) in [5.41, 5.74) is 0. The van der Waals surface area contributed by atoms with E-state index in [9.17, 15) is 29.3 Å². The predicted molar refractivity (Wildman–Crippen MR) is 205 cm³/mol. The first-order chi connectivity index (χ1) is 24.8. The van der Waals surface area contributed by atoms with Gasteiger partial charge in [0.25, 0.3) is 0 Å². The molecule has 0 aromatic carbocycles. The number of phosphoric acid groups is 1. The van der Waals surface area contributed by atoms with E-state index >= 15 is 0 Å². The highest BCUT2D eigenvalue weighted by Crippen LogP contribution is 2.43. The third-order valence-corrected chi connectivity index (χ3v) is 9.62. The molecule has 0 aromatic rings. The van der Waals surface area contributed by atoms with Crippen LogP contribution in [0.1, 0.15) is 181 Å². The summed E-state index contributed by atoms with van der Waals surface area (Å²) in [6.45, 7) is 2.15. The summed E-state index contributed by atoms with van der Waals surface area (Å²) in [7, 11) is -4.63. The van der Waals surface area contributed by atoms with Gasteiger partial charge in [-0.3, -0.25) is 18.6 Å². The van der Waals surface area contributed by atoms with Gasteiger partial charge in [-0.25, -0.2) is 4.57 Å². The van der Waals surface area contributed by atoms with Crippen LogP contribution in [0.25, 0.3) is 0 Å². The van der Waals surface area contributed by atoms with Crippen molar-refractivity contribution in [2.24, 2.45) is 0 Å². The molecule has 51 heavy (non-hydrogen) atoms. The lowest BCUT2D eigenvalue weighted by Crippen LogP contribution is -2.28. The van der Waals surface area contributed by atoms with Crippen LogP contribution in [0.3, 0.4) is 0 Å². The van der Waals surface area contributed by atoms with Crippen LogP contribution in [-0.2, 0) is 32.7 Å². The van der Waals surface area contributed by atoms with Crippen molar-refractivity contribution in [1.82, 2.24) is 0 Å². The Morgan fingerprint density at radius 3 is 1.25 bits per heavy atom. The number of hydrogen-bond donors (Lipinski definition) is 3. The zero-order valence-corrected chi connectivity index (χ0v) is 33.2. The molecule has 0 amide bonds. The van der Waals surface area contributed by atoms with E-state index in [1.165, 1.54) is 89.9 Å². The normalized spacial score (nSPS) is 14.2. The Hall–Kier alpha value is -1.55. The lowest BCUT2D eigenvalue weighted by atomic mass is 10.1. The number of rotatable bonds is 38. The van der Waals surface area contributed by atoms with E-state index in [1.807, 2.05) is 0 Å². The highest BCUT2D eigenvalue weighted by atomic mass is 31.2. The number of phosphoric ester groups is 1. The van der Waals surface area contributed by atoms with Crippen molar-refractivity contribution in [3.63, 3.8) is 0 Å². The number of aliphatic hydroxyl groups excluding tert-OH is 2. The summed E-state index contributed by atoms with van der Waals surface area (Å²) < 4.78 is 32.4. The van der Waals surface area contributed by atoms with Crippen LogP contribution in [0.15, 0.2) is 24.3 Å². The number of ether oxygens (including phenoxy) is 2. The van der Waals surface area contributed by atoms with Gasteiger partial charge in [0.2, 0.25) is 0 Å². The molecule has 0 heterocycles. The van der Waals surface area contributed by atoms with E-state index in [-0.39, 0.29) is 12.8 Å². The molecule has 0 fully saturated rings. The van der Waals surface area contributed by atoms with Gasteiger partial charge in [-0.2, -0.15) is 0 Å². The van der Waals surface area contributed by atoms with Crippen LogP contribution in [0.4, 0.5) is 0 Å². The second-order valence-corrected chi connectivity index (χ2v) is 15.1. The summed E-state index contributed by atoms with van der Waals surface area (Å²) in [5, 5.41) is 19.1. The van der Waals surface area contributed by atoms with Gasteiger partial charge in [-0.1, -0.05) is 147 Å². The summed E-state index contributed by atoms with van der Waals surface area (Å²) in [5.74, 6) is -1.02. The van der Waals surface area contributed by atoms with Gasteiger partial charge in [-0.15, -0.1) is 0 Å². The second kappa shape index (κ2) is 36.8. The highest BCUT2D eigenvalue weighted by Gasteiger charge is 2.27. The Labute approximate surface area is 310 Å². The molecule has 0 aromatic heterocycles. The van der Waals surface area contributed by atoms with Crippen LogP contribution in [-0.4, -0.2) is 65.7 Å². The van der Waals surface area contributed by atoms with Crippen molar-refractivity contribution < 1.29 is 47.8 Å². The van der Waals surface area contributed by atoms with E-state index in [4.69, 9.17) is 18.5 Å². The fourth-order valence-corrected chi connectivity index (χ4v) is 6.28. The Kier molecular flexibility index (Phi) is 35.7. The van der Waals surface area contributed by atoms with Gasteiger partial charge < -0.3 is 24.6 Å². The molecule has 0 aliphatic carbocycles. The van der Waals surface area contributed by atoms with Crippen LogP contribution in [0, 0.1) is 0 Å². The van der Waals surface area contributed by atoms with Gasteiger partial charge in [0.05, 0.1) is 26.4 Å². The summed E-state index contributed by atoms with van der Waals surface area (Å²) >= 11 is 0. The Bertz CT molecular complexity index is 910. The van der Waals surface area contributed by atoms with Crippen LogP contribution < -0.4 is 0 Å². The zero-order chi connectivity index (χ0) is 37.7. The molecule has 0 radical (unpaired) electrons. The SMILES string of the molecule is CCCCC/C=C\C/C=C\CCCCCCCCCCCC(=O)OC(CO)COP(=O)(O)OCC(CO)OC(=O)CCCCCCCCCCC. The van der Waals surface area contributed by atoms with E-state index in [0.29, 0.717) is 12.8 Å². The summed E-state index contributed by atoms with van der Waals surface area (Å²) in [6.07, 6.45) is 34.5. The maximum Gasteiger partial charge on any atom is 0.472 e. The third kappa shape index (κ3) is 35.3. The molecule has 0 saturated heterocycles. The lowest BCUT2D eigenvalue weighted by molar-refractivity contribution is -0.153. The molecule has 0 aliphatic rings. The number of carbonyl (C=O) groups excluding carboxylic acids is 2. The quantitative estimate of drug-likeness (QED) is 0.0241. The molecule has 11 heteroatoms. The topological polar surface area (TPSA) is 149 Å². The highest BCUT2D eigenvalue weighted by molar-refractivity contribution is 7.47. The maximum absolute atomic E-state index is 12.3. The largest absolute Gasteiger partial charge is 0.472 e. The average Bonchev–Trinajstić information content (AvgIpc) is 3.12. The van der Waals surface area contributed by atoms with E-state index < -0.39 is 58.4 Å². The van der Waals surface area contributed by atoms with Crippen molar-refractivity contribution in [3.8, 4) is 0 Å². The number of allylic oxidation sites excluding steroid dienone is 4. The molecule has 0 saturated carbocycles. The maximum atomic E-state index is 12.3. The van der Waals surface area contributed by atoms with E-state index in [1.54, 1.807) is 0 Å². The first-order valence-corrected chi connectivity index (χ1v) is 21.8. The molecular weight excluding hydrogens is 671 g/mol. The van der Waals surface area contributed by atoms with Gasteiger partial charge in [0.15, 0.2) is 0 Å². The van der Waals surface area contributed by atoms with Crippen LogP contribution in [0.2, 0.25) is 0 Å². The lowest BCUT2D eigenvalue weighted by Gasteiger charge is -2.20. The molecule has 10 nitrogen and oxygen atoms in total. The molecule has 3 atom stereocenters. The minimum atomic E-state index is -4.63. The first kappa shape index (κ1) is 49.5. The minimum Gasteiger partial charge on any atom is -0.457 e. The molecule has 0 aliphatic heterocycles. The number of aliphatic hydroxyl groups is 2. The minimum absolute atomic E-state index is 0.189. The predicted octanol–water partition coefficient (Wildman–Crippen LogP) is 10.2. The number of hydrogen-bond acceptors (Lipinski definition) is 9. The number of esters is 2. The zero-order valence-electron chi connectivity index (χ0n) is 32.3. The molecule has 0 bridgehead atoms. The second-order valence-electron chi connectivity index (χ2n) is 13.6. The van der Waals surface area contributed by atoms with Crippen LogP contribution >= 0.6 is 7.82 Å². The summed E-state index contributed by atoms with van der Waals surface area (Å²) in [4.78, 5) is 34.3. The smallest absolute Gasteiger partial charge is 0.457 e. The number of carbonyl (C=O) groups is 2. The Morgan fingerprint density at radius 2 is 0.863 bits per heavy atom. The fourth-order valence-electron chi connectivity index (χ4n) is 5.50. The third-order valence-electron chi connectivity index (χ3n) is 8.67. The van der Waals surface area contributed by atoms with Crippen molar-refractivity contribution in [2.75, 3.05) is 26.4 Å². The van der Waals surface area contributed by atoms with Gasteiger partial charge in [-0.05, 0) is 44.9 Å². The van der Waals surface area contributed by atoms with Crippen molar-refractivity contribution >= 4 is 19.8 Å². The van der Waals surface area contributed by atoms with Crippen molar-refractivity contribution in [2.45, 2.75) is 193 Å². The summed E-state index contributed by atoms with van der Waals surface area (Å²) in [6, 6.07) is 0. The van der Waals surface area contributed by atoms with E-state index in [2.05, 4.69) is 38.2 Å². The molecule has 0 spiro atoms. The molecule has 0 rings (SSSR count). The fraction of sp³-hybridized carbons (Fsp3) is 0.850. The molecule has 3 unspecified atom stereocenters. The number of unbranched alkanes of at least 4 members (excludes halogenated alkanes) is 20.